The Morgan fingerprint density at radius 3 is 2.10 bits per heavy atom. The van der Waals surface area contributed by atoms with Gasteiger partial charge in [-0.1, -0.05) is 23.8 Å². The van der Waals surface area contributed by atoms with Crippen molar-refractivity contribution in [3.8, 4) is 0 Å². The molecule has 1 amide bonds. The van der Waals surface area contributed by atoms with E-state index in [0.29, 0.717) is 0 Å². The Bertz CT molecular complexity index is 332. The highest BCUT2D eigenvalue weighted by Gasteiger charge is 2.18. The lowest BCUT2D eigenvalue weighted by molar-refractivity contribution is -0.119. The van der Waals surface area contributed by atoms with Gasteiger partial charge in [0.25, 0.3) is 0 Å². The SMILES string of the molecule is C/C=C\C(=C/C)CC1CCN(C=O)CC1.COC(C)(C)C. The summed E-state index contributed by atoms with van der Waals surface area (Å²) in [4.78, 5) is 12.4. The second kappa shape index (κ2) is 10.6. The highest BCUT2D eigenvalue weighted by Crippen LogP contribution is 2.23. The van der Waals surface area contributed by atoms with Crippen molar-refractivity contribution >= 4 is 6.41 Å². The van der Waals surface area contributed by atoms with Gasteiger partial charge < -0.3 is 9.64 Å². The molecule has 1 fully saturated rings. The van der Waals surface area contributed by atoms with Crippen molar-refractivity contribution in [1.82, 2.24) is 4.90 Å². The molecule has 0 aliphatic carbocycles. The zero-order valence-corrected chi connectivity index (χ0v) is 14.7. The fraction of sp³-hybridized carbons (Fsp3) is 0.722. The second-order valence-corrected chi connectivity index (χ2v) is 6.47. The summed E-state index contributed by atoms with van der Waals surface area (Å²) in [6, 6.07) is 0. The van der Waals surface area contributed by atoms with Gasteiger partial charge in [0.1, 0.15) is 0 Å². The van der Waals surface area contributed by atoms with E-state index in [1.54, 1.807) is 7.11 Å². The Kier molecular flexibility index (Phi) is 10.1. The molecule has 0 aromatic heterocycles. The van der Waals surface area contributed by atoms with E-state index in [1.165, 1.54) is 5.57 Å². The zero-order chi connectivity index (χ0) is 16.3. The van der Waals surface area contributed by atoms with E-state index in [1.807, 2.05) is 25.7 Å². The fourth-order valence-electron chi connectivity index (χ4n) is 2.09. The molecule has 0 aromatic rings. The third-order valence-electron chi connectivity index (χ3n) is 3.69. The lowest BCUT2D eigenvalue weighted by Crippen LogP contribution is -2.32. The van der Waals surface area contributed by atoms with Gasteiger partial charge in [-0.25, -0.2) is 0 Å². The molecule has 122 valence electrons. The summed E-state index contributed by atoms with van der Waals surface area (Å²) < 4.78 is 4.94. The van der Waals surface area contributed by atoms with Crippen molar-refractivity contribution in [2.24, 2.45) is 5.92 Å². The molecule has 0 N–H and O–H groups in total. The lowest BCUT2D eigenvalue weighted by Gasteiger charge is -2.29. The molecular formula is C18H33NO2. The Labute approximate surface area is 131 Å². The largest absolute Gasteiger partial charge is 0.379 e. The molecule has 0 spiro atoms. The topological polar surface area (TPSA) is 29.5 Å². The number of hydrogen-bond donors (Lipinski definition) is 0. The van der Waals surface area contributed by atoms with Crippen LogP contribution in [0.5, 0.6) is 0 Å². The molecule has 1 aliphatic rings. The van der Waals surface area contributed by atoms with Crippen molar-refractivity contribution in [1.29, 1.82) is 0 Å². The maximum Gasteiger partial charge on any atom is 0.209 e. The van der Waals surface area contributed by atoms with E-state index < -0.39 is 0 Å². The molecular weight excluding hydrogens is 262 g/mol. The average Bonchev–Trinajstić information content (AvgIpc) is 2.47. The summed E-state index contributed by atoms with van der Waals surface area (Å²) >= 11 is 0. The molecule has 0 bridgehead atoms. The molecule has 21 heavy (non-hydrogen) atoms. The lowest BCUT2D eigenvalue weighted by atomic mass is 9.90. The number of carbonyl (C=O) groups is 1. The first-order chi connectivity index (χ1) is 9.86. The first-order valence-corrected chi connectivity index (χ1v) is 7.88. The summed E-state index contributed by atoms with van der Waals surface area (Å²) in [5.74, 6) is 0.753. The van der Waals surface area contributed by atoms with Crippen LogP contribution >= 0.6 is 0 Å². The summed E-state index contributed by atoms with van der Waals surface area (Å²) in [6.07, 6.45) is 10.9. The smallest absolute Gasteiger partial charge is 0.209 e. The number of methoxy groups -OCH3 is 1. The minimum Gasteiger partial charge on any atom is -0.379 e. The molecule has 3 nitrogen and oxygen atoms in total. The quantitative estimate of drug-likeness (QED) is 0.574. The second-order valence-electron chi connectivity index (χ2n) is 6.47. The van der Waals surface area contributed by atoms with Crippen LogP contribution in [0.15, 0.2) is 23.8 Å². The van der Waals surface area contributed by atoms with Crippen molar-refractivity contribution in [2.75, 3.05) is 20.2 Å². The monoisotopic (exact) mass is 295 g/mol. The van der Waals surface area contributed by atoms with E-state index in [4.69, 9.17) is 4.74 Å². The molecule has 1 heterocycles. The summed E-state index contributed by atoms with van der Waals surface area (Å²) in [6.45, 7) is 12.1. The minimum absolute atomic E-state index is 0.0417. The molecule has 0 aromatic carbocycles. The van der Waals surface area contributed by atoms with Crippen LogP contribution in [0.25, 0.3) is 0 Å². The Balaban J connectivity index is 0.000000567. The van der Waals surface area contributed by atoms with Gasteiger partial charge >= 0.3 is 0 Å². The summed E-state index contributed by atoms with van der Waals surface area (Å²) in [7, 11) is 1.71. The number of ether oxygens (including phenoxy) is 1. The van der Waals surface area contributed by atoms with Crippen LogP contribution in [-0.4, -0.2) is 37.1 Å². The van der Waals surface area contributed by atoms with Crippen LogP contribution < -0.4 is 0 Å². The van der Waals surface area contributed by atoms with E-state index in [0.717, 1.165) is 44.7 Å². The van der Waals surface area contributed by atoms with Gasteiger partial charge in [0.05, 0.1) is 5.60 Å². The summed E-state index contributed by atoms with van der Waals surface area (Å²) in [5.41, 5.74) is 1.46. The van der Waals surface area contributed by atoms with Gasteiger partial charge in [0.15, 0.2) is 0 Å². The van der Waals surface area contributed by atoms with Crippen molar-refractivity contribution < 1.29 is 9.53 Å². The number of piperidine rings is 1. The van der Waals surface area contributed by atoms with Crippen molar-refractivity contribution in [3.05, 3.63) is 23.8 Å². The van der Waals surface area contributed by atoms with Gasteiger partial charge in [-0.15, -0.1) is 0 Å². The molecule has 1 saturated heterocycles. The number of carbonyl (C=O) groups excluding carboxylic acids is 1. The number of allylic oxidation sites excluding steroid dienone is 4. The number of amides is 1. The molecule has 0 atom stereocenters. The summed E-state index contributed by atoms with van der Waals surface area (Å²) in [5, 5.41) is 0. The maximum atomic E-state index is 10.6. The van der Waals surface area contributed by atoms with Crippen LogP contribution in [0, 0.1) is 5.92 Å². The van der Waals surface area contributed by atoms with Crippen LogP contribution in [0.4, 0.5) is 0 Å². The van der Waals surface area contributed by atoms with Crippen molar-refractivity contribution in [3.63, 3.8) is 0 Å². The Morgan fingerprint density at radius 1 is 1.24 bits per heavy atom. The molecule has 0 unspecified atom stereocenters. The van der Waals surface area contributed by atoms with Crippen LogP contribution in [0.2, 0.25) is 0 Å². The van der Waals surface area contributed by atoms with Gasteiger partial charge in [0, 0.05) is 20.2 Å². The molecule has 0 saturated carbocycles. The third-order valence-corrected chi connectivity index (χ3v) is 3.69. The normalized spacial score (nSPS) is 17.6. The molecule has 3 heteroatoms. The van der Waals surface area contributed by atoms with E-state index in [9.17, 15) is 4.79 Å². The number of nitrogens with zero attached hydrogens (tertiary/aromatic N) is 1. The highest BCUT2D eigenvalue weighted by molar-refractivity contribution is 5.47. The van der Waals surface area contributed by atoms with Gasteiger partial charge in [-0.3, -0.25) is 4.79 Å². The third kappa shape index (κ3) is 10.3. The predicted octanol–water partition coefficient (Wildman–Crippen LogP) is 4.20. The highest BCUT2D eigenvalue weighted by atomic mass is 16.5. The molecule has 0 radical (unpaired) electrons. The number of rotatable bonds is 4. The van der Waals surface area contributed by atoms with Crippen LogP contribution in [-0.2, 0) is 9.53 Å². The fourth-order valence-corrected chi connectivity index (χ4v) is 2.09. The van der Waals surface area contributed by atoms with E-state index in [-0.39, 0.29) is 5.60 Å². The molecule has 1 aliphatic heterocycles. The van der Waals surface area contributed by atoms with Gasteiger partial charge in [0.2, 0.25) is 6.41 Å². The average molecular weight is 295 g/mol. The maximum absolute atomic E-state index is 10.6. The van der Waals surface area contributed by atoms with Crippen LogP contribution in [0.3, 0.4) is 0 Å². The standard InChI is InChI=1S/C13H21NO.C5H12O/c1-3-5-12(4-2)10-13-6-8-14(11-15)9-7-13;1-5(2,3)6-4/h3-5,11,13H,6-10H2,1-2H3;1-4H3/b5-3-,12-4+;. The predicted molar refractivity (Wildman–Crippen MR) is 90.3 cm³/mol. The minimum atomic E-state index is 0.0417. The van der Waals surface area contributed by atoms with E-state index >= 15 is 0 Å². The Hall–Kier alpha value is -1.09. The first-order valence-electron chi connectivity index (χ1n) is 7.88. The number of hydrogen-bond acceptors (Lipinski definition) is 2. The number of likely N-dealkylation sites (tertiary alicyclic amines) is 1. The van der Waals surface area contributed by atoms with Crippen molar-refractivity contribution in [2.45, 2.75) is 59.5 Å². The van der Waals surface area contributed by atoms with Crippen LogP contribution in [0.1, 0.15) is 53.9 Å². The van der Waals surface area contributed by atoms with Gasteiger partial charge in [-0.05, 0) is 59.8 Å². The Morgan fingerprint density at radius 2 is 1.76 bits per heavy atom. The van der Waals surface area contributed by atoms with Gasteiger partial charge in [-0.2, -0.15) is 0 Å². The zero-order valence-electron chi connectivity index (χ0n) is 14.7. The van der Waals surface area contributed by atoms with E-state index in [2.05, 4.69) is 32.1 Å². The first kappa shape index (κ1) is 19.9. The molecule has 1 rings (SSSR count).